The van der Waals surface area contributed by atoms with Crippen molar-refractivity contribution in [2.45, 2.75) is 13.3 Å². The predicted octanol–water partition coefficient (Wildman–Crippen LogP) is 3.99. The summed E-state index contributed by atoms with van der Waals surface area (Å²) in [5, 5.41) is 2.86. The molecule has 0 radical (unpaired) electrons. The normalized spacial score (nSPS) is 10.5. The molecule has 116 valence electrons. The number of hydrogen-bond acceptors (Lipinski definition) is 4. The molecule has 0 spiro atoms. The van der Waals surface area contributed by atoms with Crippen LogP contribution in [-0.2, 0) is 11.2 Å². The molecule has 0 saturated heterocycles. The van der Waals surface area contributed by atoms with Gasteiger partial charge in [-0.3, -0.25) is 9.78 Å². The van der Waals surface area contributed by atoms with Crippen LogP contribution in [0.25, 0.3) is 11.5 Å². The minimum atomic E-state index is -0.147. The first kappa shape index (κ1) is 15.4. The highest BCUT2D eigenvalue weighted by Gasteiger charge is 2.15. The summed E-state index contributed by atoms with van der Waals surface area (Å²) in [6, 6.07) is 11.1. The predicted molar refractivity (Wildman–Crippen MR) is 90.9 cm³/mol. The van der Waals surface area contributed by atoms with E-state index in [1.807, 2.05) is 36.4 Å². The molecule has 23 heavy (non-hydrogen) atoms. The van der Waals surface area contributed by atoms with Gasteiger partial charge in [0.2, 0.25) is 11.8 Å². The fourth-order valence-electron chi connectivity index (χ4n) is 2.11. The number of oxazole rings is 1. The SMILES string of the molecule is Cc1oc(-c2cccnc2)nc1CC(=O)Nc1ccccc1Br. The lowest BCUT2D eigenvalue weighted by Gasteiger charge is -2.06. The summed E-state index contributed by atoms with van der Waals surface area (Å²) in [6.45, 7) is 1.80. The molecule has 0 atom stereocenters. The smallest absolute Gasteiger partial charge is 0.230 e. The van der Waals surface area contributed by atoms with Gasteiger partial charge in [-0.05, 0) is 47.1 Å². The lowest BCUT2D eigenvalue weighted by molar-refractivity contribution is -0.115. The molecule has 2 heterocycles. The van der Waals surface area contributed by atoms with Crippen molar-refractivity contribution in [3.63, 3.8) is 0 Å². The molecule has 0 aliphatic heterocycles. The fourth-order valence-corrected chi connectivity index (χ4v) is 2.50. The maximum Gasteiger partial charge on any atom is 0.230 e. The van der Waals surface area contributed by atoms with Crippen LogP contribution in [0.2, 0.25) is 0 Å². The van der Waals surface area contributed by atoms with E-state index < -0.39 is 0 Å². The van der Waals surface area contributed by atoms with Crippen molar-refractivity contribution in [3.05, 3.63) is 64.7 Å². The maximum absolute atomic E-state index is 12.2. The van der Waals surface area contributed by atoms with E-state index in [1.165, 1.54) is 0 Å². The Bertz CT molecular complexity index is 831. The number of nitrogens with one attached hydrogen (secondary N) is 1. The first-order chi connectivity index (χ1) is 11.1. The molecule has 3 rings (SSSR count). The minimum absolute atomic E-state index is 0.147. The summed E-state index contributed by atoms with van der Waals surface area (Å²) in [6.07, 6.45) is 3.51. The number of hydrogen-bond donors (Lipinski definition) is 1. The van der Waals surface area contributed by atoms with Crippen LogP contribution >= 0.6 is 15.9 Å². The van der Waals surface area contributed by atoms with Crippen LogP contribution in [0.4, 0.5) is 5.69 Å². The van der Waals surface area contributed by atoms with Gasteiger partial charge >= 0.3 is 0 Å². The molecule has 0 bridgehead atoms. The summed E-state index contributed by atoms with van der Waals surface area (Å²) < 4.78 is 6.47. The molecule has 0 fully saturated rings. The zero-order valence-corrected chi connectivity index (χ0v) is 14.0. The van der Waals surface area contributed by atoms with Crippen molar-refractivity contribution < 1.29 is 9.21 Å². The number of benzene rings is 1. The number of amides is 1. The highest BCUT2D eigenvalue weighted by atomic mass is 79.9. The van der Waals surface area contributed by atoms with Crippen LogP contribution in [-0.4, -0.2) is 15.9 Å². The number of carbonyl (C=O) groups is 1. The summed E-state index contributed by atoms with van der Waals surface area (Å²) in [4.78, 5) is 20.7. The van der Waals surface area contributed by atoms with Crippen LogP contribution in [0.3, 0.4) is 0 Å². The van der Waals surface area contributed by atoms with Gasteiger partial charge in [-0.25, -0.2) is 4.98 Å². The van der Waals surface area contributed by atoms with E-state index in [-0.39, 0.29) is 12.3 Å². The van der Waals surface area contributed by atoms with Gasteiger partial charge in [-0.1, -0.05) is 12.1 Å². The van der Waals surface area contributed by atoms with Crippen LogP contribution in [0.15, 0.2) is 57.7 Å². The number of halogens is 1. The average Bonchev–Trinajstić information content (AvgIpc) is 2.91. The maximum atomic E-state index is 12.2. The van der Waals surface area contributed by atoms with Crippen molar-refractivity contribution >= 4 is 27.5 Å². The van der Waals surface area contributed by atoms with Gasteiger partial charge in [0, 0.05) is 16.9 Å². The Morgan fingerprint density at radius 1 is 1.26 bits per heavy atom. The molecule has 0 aliphatic carbocycles. The van der Waals surface area contributed by atoms with Crippen molar-refractivity contribution in [2.24, 2.45) is 0 Å². The summed E-state index contributed by atoms with van der Waals surface area (Å²) >= 11 is 3.40. The number of pyridine rings is 1. The van der Waals surface area contributed by atoms with Crippen LogP contribution in [0.1, 0.15) is 11.5 Å². The zero-order chi connectivity index (χ0) is 16.2. The van der Waals surface area contributed by atoms with E-state index in [2.05, 4.69) is 31.2 Å². The molecular formula is C17H14BrN3O2. The van der Waals surface area contributed by atoms with Crippen LogP contribution < -0.4 is 5.32 Å². The quantitative estimate of drug-likeness (QED) is 0.752. The number of nitrogens with zero attached hydrogens (tertiary/aromatic N) is 2. The number of rotatable bonds is 4. The number of para-hydroxylation sites is 1. The Labute approximate surface area is 141 Å². The number of aromatic nitrogens is 2. The van der Waals surface area contributed by atoms with E-state index in [9.17, 15) is 4.79 Å². The van der Waals surface area contributed by atoms with E-state index in [4.69, 9.17) is 4.42 Å². The summed E-state index contributed by atoms with van der Waals surface area (Å²) in [7, 11) is 0. The number of carbonyl (C=O) groups excluding carboxylic acids is 1. The number of aryl methyl sites for hydroxylation is 1. The molecule has 0 saturated carbocycles. The second kappa shape index (κ2) is 6.75. The third-order valence-corrected chi connectivity index (χ3v) is 3.97. The van der Waals surface area contributed by atoms with Crippen molar-refractivity contribution in [1.82, 2.24) is 9.97 Å². The second-order valence-corrected chi connectivity index (χ2v) is 5.82. The Morgan fingerprint density at radius 2 is 2.09 bits per heavy atom. The third-order valence-electron chi connectivity index (χ3n) is 3.28. The Hall–Kier alpha value is -2.47. The Balaban J connectivity index is 1.74. The fraction of sp³-hybridized carbons (Fsp3) is 0.118. The molecule has 3 aromatic rings. The zero-order valence-electron chi connectivity index (χ0n) is 12.4. The lowest BCUT2D eigenvalue weighted by Crippen LogP contribution is -2.15. The number of anilines is 1. The van der Waals surface area contributed by atoms with Crippen molar-refractivity contribution in [2.75, 3.05) is 5.32 Å². The topological polar surface area (TPSA) is 68.0 Å². The molecular weight excluding hydrogens is 358 g/mol. The van der Waals surface area contributed by atoms with Gasteiger partial charge in [-0.15, -0.1) is 0 Å². The highest BCUT2D eigenvalue weighted by Crippen LogP contribution is 2.23. The van der Waals surface area contributed by atoms with Gasteiger partial charge in [0.25, 0.3) is 0 Å². The third kappa shape index (κ3) is 3.65. The van der Waals surface area contributed by atoms with Crippen molar-refractivity contribution in [1.29, 1.82) is 0 Å². The molecule has 5 nitrogen and oxygen atoms in total. The Kier molecular flexibility index (Phi) is 4.52. The van der Waals surface area contributed by atoms with E-state index >= 15 is 0 Å². The van der Waals surface area contributed by atoms with Gasteiger partial charge in [0.15, 0.2) is 0 Å². The van der Waals surface area contributed by atoms with Gasteiger partial charge < -0.3 is 9.73 Å². The molecule has 6 heteroatoms. The molecule has 1 amide bonds. The first-order valence-corrected chi connectivity index (χ1v) is 7.84. The van der Waals surface area contributed by atoms with Crippen molar-refractivity contribution in [3.8, 4) is 11.5 Å². The van der Waals surface area contributed by atoms with Crippen LogP contribution in [0, 0.1) is 6.92 Å². The van der Waals surface area contributed by atoms with E-state index in [0.29, 0.717) is 17.3 Å². The first-order valence-electron chi connectivity index (χ1n) is 7.04. The van der Waals surface area contributed by atoms with Gasteiger partial charge in [-0.2, -0.15) is 0 Å². The monoisotopic (exact) mass is 371 g/mol. The lowest BCUT2D eigenvalue weighted by atomic mass is 10.2. The summed E-state index contributed by atoms with van der Waals surface area (Å²) in [5.74, 6) is 0.955. The molecule has 0 aliphatic rings. The average molecular weight is 372 g/mol. The van der Waals surface area contributed by atoms with E-state index in [0.717, 1.165) is 15.7 Å². The minimum Gasteiger partial charge on any atom is -0.441 e. The molecule has 1 aromatic carbocycles. The molecule has 2 aromatic heterocycles. The standard InChI is InChI=1S/C17H14BrN3O2/c1-11-15(21-17(23-11)12-5-4-8-19-10-12)9-16(22)20-14-7-3-2-6-13(14)18/h2-8,10H,9H2,1H3,(H,20,22). The largest absolute Gasteiger partial charge is 0.441 e. The highest BCUT2D eigenvalue weighted by molar-refractivity contribution is 9.10. The van der Waals surface area contributed by atoms with Gasteiger partial charge in [0.05, 0.1) is 23.4 Å². The molecule has 0 unspecified atom stereocenters. The second-order valence-electron chi connectivity index (χ2n) is 4.97. The van der Waals surface area contributed by atoms with E-state index in [1.54, 1.807) is 19.3 Å². The van der Waals surface area contributed by atoms with Crippen LogP contribution in [0.5, 0.6) is 0 Å². The Morgan fingerprint density at radius 3 is 2.83 bits per heavy atom. The molecule has 1 N–H and O–H groups in total. The summed E-state index contributed by atoms with van der Waals surface area (Å²) in [5.41, 5.74) is 2.13. The van der Waals surface area contributed by atoms with Gasteiger partial charge in [0.1, 0.15) is 5.76 Å².